The Morgan fingerprint density at radius 2 is 2.14 bits per heavy atom. The molecule has 1 atom stereocenters. The van der Waals surface area contributed by atoms with Crippen molar-refractivity contribution in [3.8, 4) is 10.4 Å². The number of amides is 1. The van der Waals surface area contributed by atoms with Crippen molar-refractivity contribution in [2.24, 2.45) is 0 Å². The molecule has 7 heteroatoms. The van der Waals surface area contributed by atoms with Gasteiger partial charge in [0.2, 0.25) is 0 Å². The van der Waals surface area contributed by atoms with E-state index in [0.717, 1.165) is 35.8 Å². The largest absolute Gasteiger partial charge is 0.397 e. The van der Waals surface area contributed by atoms with Crippen LogP contribution in [0.5, 0.6) is 0 Å². The molecule has 3 N–H and O–H groups in total. The molecule has 6 nitrogen and oxygen atoms in total. The fourth-order valence-corrected chi connectivity index (χ4v) is 4.26. The smallest absolute Gasteiger partial charge is 0.257 e. The molecule has 0 bridgehead atoms. The minimum Gasteiger partial charge on any atom is -0.397 e. The molecule has 1 aromatic carbocycles. The Hall–Kier alpha value is -2.90. The zero-order chi connectivity index (χ0) is 20.4. The number of anilines is 3. The Bertz CT molecular complexity index is 985. The predicted octanol–water partition coefficient (Wildman–Crippen LogP) is 3.78. The maximum atomic E-state index is 12.7. The first-order chi connectivity index (χ1) is 14.0. The summed E-state index contributed by atoms with van der Waals surface area (Å²) in [5, 5.41) is 4.95. The molecule has 1 aliphatic rings. The van der Waals surface area contributed by atoms with E-state index in [1.165, 1.54) is 0 Å². The molecule has 1 fully saturated rings. The van der Waals surface area contributed by atoms with Gasteiger partial charge in [-0.05, 0) is 61.8 Å². The van der Waals surface area contributed by atoms with Gasteiger partial charge in [-0.3, -0.25) is 4.79 Å². The topological polar surface area (TPSA) is 74.5 Å². The van der Waals surface area contributed by atoms with Crippen molar-refractivity contribution in [1.82, 2.24) is 9.88 Å². The van der Waals surface area contributed by atoms with Gasteiger partial charge in [0.25, 0.3) is 5.91 Å². The van der Waals surface area contributed by atoms with E-state index in [1.54, 1.807) is 17.5 Å². The van der Waals surface area contributed by atoms with Gasteiger partial charge in [-0.15, -0.1) is 11.3 Å². The maximum Gasteiger partial charge on any atom is 0.257 e. The van der Waals surface area contributed by atoms with Gasteiger partial charge in [0.15, 0.2) is 0 Å². The SMILES string of the molecule is CN(C)C1CCN(c2ccc(C(=O)Nc3cc(-c4cccs4)ccc3N)cn2)C1. The van der Waals surface area contributed by atoms with E-state index < -0.39 is 0 Å². The molecule has 1 unspecified atom stereocenters. The van der Waals surface area contributed by atoms with E-state index in [2.05, 4.69) is 34.2 Å². The summed E-state index contributed by atoms with van der Waals surface area (Å²) in [6, 6.07) is 14.0. The third-order valence-corrected chi connectivity index (χ3v) is 6.25. The van der Waals surface area contributed by atoms with Gasteiger partial charge in [0, 0.05) is 30.2 Å². The van der Waals surface area contributed by atoms with Crippen LogP contribution in [0.25, 0.3) is 10.4 Å². The fourth-order valence-electron chi connectivity index (χ4n) is 3.53. The van der Waals surface area contributed by atoms with E-state index in [9.17, 15) is 4.79 Å². The summed E-state index contributed by atoms with van der Waals surface area (Å²) < 4.78 is 0. The number of hydrogen-bond acceptors (Lipinski definition) is 6. The number of pyridine rings is 1. The summed E-state index contributed by atoms with van der Waals surface area (Å²) in [7, 11) is 4.21. The molecule has 0 spiro atoms. The summed E-state index contributed by atoms with van der Waals surface area (Å²) in [5.41, 5.74) is 8.76. The van der Waals surface area contributed by atoms with Crippen molar-refractivity contribution in [3.63, 3.8) is 0 Å². The molecule has 2 aromatic heterocycles. The van der Waals surface area contributed by atoms with Gasteiger partial charge >= 0.3 is 0 Å². The van der Waals surface area contributed by atoms with E-state index in [0.29, 0.717) is 23.0 Å². The highest BCUT2D eigenvalue weighted by molar-refractivity contribution is 7.13. The second-order valence-electron chi connectivity index (χ2n) is 7.49. The number of carbonyl (C=O) groups is 1. The molecule has 29 heavy (non-hydrogen) atoms. The van der Waals surface area contributed by atoms with Crippen LogP contribution >= 0.6 is 11.3 Å². The Morgan fingerprint density at radius 1 is 1.28 bits per heavy atom. The number of benzene rings is 1. The summed E-state index contributed by atoms with van der Waals surface area (Å²) in [6.07, 6.45) is 2.75. The van der Waals surface area contributed by atoms with Crippen LogP contribution in [0.1, 0.15) is 16.8 Å². The van der Waals surface area contributed by atoms with Crippen LogP contribution in [0.2, 0.25) is 0 Å². The van der Waals surface area contributed by atoms with Crippen LogP contribution in [0.4, 0.5) is 17.2 Å². The van der Waals surface area contributed by atoms with E-state index in [-0.39, 0.29) is 5.91 Å². The number of hydrogen-bond donors (Lipinski definition) is 2. The lowest BCUT2D eigenvalue weighted by Crippen LogP contribution is -2.31. The highest BCUT2D eigenvalue weighted by Crippen LogP contribution is 2.30. The lowest BCUT2D eigenvalue weighted by molar-refractivity contribution is 0.102. The molecule has 0 radical (unpaired) electrons. The number of nitrogen functional groups attached to an aromatic ring is 1. The van der Waals surface area contributed by atoms with Crippen molar-refractivity contribution in [1.29, 1.82) is 0 Å². The minimum atomic E-state index is -0.216. The molecule has 1 saturated heterocycles. The summed E-state index contributed by atoms with van der Waals surface area (Å²) >= 11 is 1.65. The Morgan fingerprint density at radius 3 is 2.79 bits per heavy atom. The monoisotopic (exact) mass is 407 g/mol. The predicted molar refractivity (Wildman–Crippen MR) is 121 cm³/mol. The van der Waals surface area contributed by atoms with Crippen molar-refractivity contribution in [2.75, 3.05) is 43.1 Å². The molecule has 0 aliphatic carbocycles. The lowest BCUT2D eigenvalue weighted by Gasteiger charge is -2.21. The van der Waals surface area contributed by atoms with Gasteiger partial charge in [-0.25, -0.2) is 4.98 Å². The average Bonchev–Trinajstić information content (AvgIpc) is 3.42. The first kappa shape index (κ1) is 19.4. The number of nitrogens with two attached hydrogens (primary N) is 1. The molecular weight excluding hydrogens is 382 g/mol. The molecule has 3 heterocycles. The zero-order valence-electron chi connectivity index (χ0n) is 16.6. The average molecular weight is 408 g/mol. The van der Waals surface area contributed by atoms with E-state index in [4.69, 9.17) is 5.73 Å². The number of carbonyl (C=O) groups excluding carboxylic acids is 1. The van der Waals surface area contributed by atoms with Crippen molar-refractivity contribution < 1.29 is 4.79 Å². The number of rotatable bonds is 5. The fraction of sp³-hybridized carbons (Fsp3) is 0.273. The second kappa shape index (κ2) is 8.23. The van der Waals surface area contributed by atoms with Gasteiger partial charge in [0.1, 0.15) is 5.82 Å². The van der Waals surface area contributed by atoms with Crippen LogP contribution < -0.4 is 16.0 Å². The number of aromatic nitrogens is 1. The molecule has 0 saturated carbocycles. The molecule has 150 valence electrons. The molecule has 1 aliphatic heterocycles. The van der Waals surface area contributed by atoms with Gasteiger partial charge in [-0.1, -0.05) is 12.1 Å². The molecular formula is C22H25N5OS. The molecule has 4 rings (SSSR count). The van der Waals surface area contributed by atoms with Gasteiger partial charge < -0.3 is 20.9 Å². The maximum absolute atomic E-state index is 12.7. The zero-order valence-corrected chi connectivity index (χ0v) is 17.4. The first-order valence-corrected chi connectivity index (χ1v) is 10.5. The highest BCUT2D eigenvalue weighted by Gasteiger charge is 2.24. The number of nitrogens with zero attached hydrogens (tertiary/aromatic N) is 3. The standard InChI is InChI=1S/C22H25N5OS/c1-26(2)17-9-10-27(14-17)21-8-6-16(13-24-21)22(28)25-19-12-15(5-7-18(19)23)20-4-3-11-29-20/h3-8,11-13,17H,9-10,14,23H2,1-2H3,(H,25,28). The summed E-state index contributed by atoms with van der Waals surface area (Å²) in [5.74, 6) is 0.691. The number of thiophene rings is 1. The van der Waals surface area contributed by atoms with Crippen LogP contribution in [0, 0.1) is 0 Å². The van der Waals surface area contributed by atoms with Crippen LogP contribution in [-0.2, 0) is 0 Å². The lowest BCUT2D eigenvalue weighted by atomic mass is 10.1. The first-order valence-electron chi connectivity index (χ1n) is 9.63. The normalized spacial score (nSPS) is 16.4. The Kier molecular flexibility index (Phi) is 5.51. The van der Waals surface area contributed by atoms with Crippen molar-refractivity contribution >= 4 is 34.4 Å². The second-order valence-corrected chi connectivity index (χ2v) is 8.44. The number of likely N-dealkylation sites (N-methyl/N-ethyl adjacent to an activating group) is 1. The Balaban J connectivity index is 1.46. The van der Waals surface area contributed by atoms with Gasteiger partial charge in [0.05, 0.1) is 16.9 Å². The van der Waals surface area contributed by atoms with Crippen molar-refractivity contribution in [2.45, 2.75) is 12.5 Å². The number of nitrogens with one attached hydrogen (secondary N) is 1. The van der Waals surface area contributed by atoms with Crippen LogP contribution in [-0.4, -0.2) is 49.0 Å². The van der Waals surface area contributed by atoms with Crippen LogP contribution in [0.3, 0.4) is 0 Å². The third kappa shape index (κ3) is 4.26. The molecule has 3 aromatic rings. The quantitative estimate of drug-likeness (QED) is 0.630. The van der Waals surface area contributed by atoms with Crippen LogP contribution in [0.15, 0.2) is 54.0 Å². The summed E-state index contributed by atoms with van der Waals surface area (Å²) in [6.45, 7) is 1.94. The van der Waals surface area contributed by atoms with Crippen molar-refractivity contribution in [3.05, 3.63) is 59.6 Å². The minimum absolute atomic E-state index is 0.216. The molecule has 1 amide bonds. The van der Waals surface area contributed by atoms with E-state index in [1.807, 2.05) is 47.8 Å². The summed E-state index contributed by atoms with van der Waals surface area (Å²) in [4.78, 5) is 22.9. The van der Waals surface area contributed by atoms with Gasteiger partial charge in [-0.2, -0.15) is 0 Å². The Labute approximate surface area is 175 Å². The van der Waals surface area contributed by atoms with E-state index >= 15 is 0 Å². The third-order valence-electron chi connectivity index (χ3n) is 5.33. The highest BCUT2D eigenvalue weighted by atomic mass is 32.1.